The number of nitrogens with one attached hydrogen (secondary N) is 3. The molecule has 124 valence electrons. The smallest absolute Gasteiger partial charge is 0.287 e. The largest absolute Gasteiger partial charge is 0.353 e. The Morgan fingerprint density at radius 3 is 2.61 bits per heavy atom. The SMILES string of the molecule is CCCNC(=O)C=C(C)NNC(=O)c1ccc([N+](=O)[O-])c(Cl)c1. The van der Waals surface area contributed by atoms with Crippen molar-refractivity contribution in [1.29, 1.82) is 0 Å². The third-order valence-electron chi connectivity index (χ3n) is 2.68. The summed E-state index contributed by atoms with van der Waals surface area (Å²) in [6.45, 7) is 4.11. The summed E-state index contributed by atoms with van der Waals surface area (Å²) < 4.78 is 0. The lowest BCUT2D eigenvalue weighted by molar-refractivity contribution is -0.384. The average molecular weight is 341 g/mol. The van der Waals surface area contributed by atoms with Crippen molar-refractivity contribution in [3.8, 4) is 0 Å². The minimum atomic E-state index is -0.635. The van der Waals surface area contributed by atoms with Gasteiger partial charge in [0.2, 0.25) is 5.91 Å². The standard InChI is InChI=1S/C14H17ClN4O4/c1-3-6-16-13(20)7-9(2)17-18-14(21)10-4-5-12(19(22)23)11(15)8-10/h4-5,7-8,17H,3,6H2,1-2H3,(H,16,20)(H,18,21). The molecule has 0 aromatic heterocycles. The number of hydrogen-bond donors (Lipinski definition) is 3. The Morgan fingerprint density at radius 2 is 2.04 bits per heavy atom. The monoisotopic (exact) mass is 340 g/mol. The molecule has 1 rings (SSSR count). The van der Waals surface area contributed by atoms with E-state index < -0.39 is 10.8 Å². The molecule has 0 aliphatic heterocycles. The third kappa shape index (κ3) is 5.95. The lowest BCUT2D eigenvalue weighted by Gasteiger charge is -2.09. The lowest BCUT2D eigenvalue weighted by Crippen LogP contribution is -2.36. The van der Waals surface area contributed by atoms with E-state index in [4.69, 9.17) is 11.6 Å². The molecular weight excluding hydrogens is 324 g/mol. The fourth-order valence-corrected chi connectivity index (χ4v) is 1.81. The minimum Gasteiger partial charge on any atom is -0.353 e. The van der Waals surface area contributed by atoms with E-state index in [2.05, 4.69) is 16.2 Å². The van der Waals surface area contributed by atoms with E-state index >= 15 is 0 Å². The Kier molecular flexibility index (Phi) is 7.01. The molecule has 0 fully saturated rings. The Balaban J connectivity index is 2.63. The topological polar surface area (TPSA) is 113 Å². The van der Waals surface area contributed by atoms with E-state index in [9.17, 15) is 19.7 Å². The molecule has 0 atom stereocenters. The molecule has 1 aromatic rings. The van der Waals surface area contributed by atoms with Gasteiger partial charge in [0, 0.05) is 29.9 Å². The fraction of sp³-hybridized carbons (Fsp3) is 0.286. The number of allylic oxidation sites excluding steroid dienone is 1. The second-order valence-electron chi connectivity index (χ2n) is 4.62. The summed E-state index contributed by atoms with van der Waals surface area (Å²) in [5.41, 5.74) is 5.24. The predicted octanol–water partition coefficient (Wildman–Crippen LogP) is 1.91. The summed E-state index contributed by atoms with van der Waals surface area (Å²) in [5.74, 6) is -0.812. The van der Waals surface area contributed by atoms with E-state index in [0.29, 0.717) is 12.2 Å². The molecule has 9 heteroatoms. The van der Waals surface area contributed by atoms with E-state index in [1.54, 1.807) is 6.92 Å². The maximum atomic E-state index is 11.9. The molecule has 0 saturated carbocycles. The highest BCUT2D eigenvalue weighted by atomic mass is 35.5. The first kappa shape index (κ1) is 18.4. The summed E-state index contributed by atoms with van der Waals surface area (Å²) in [6, 6.07) is 3.63. The van der Waals surface area contributed by atoms with Crippen LogP contribution in [0, 0.1) is 10.1 Å². The number of halogens is 1. The Bertz CT molecular complexity index is 646. The molecule has 0 spiro atoms. The van der Waals surface area contributed by atoms with Gasteiger partial charge in [-0.3, -0.25) is 25.1 Å². The van der Waals surface area contributed by atoms with Gasteiger partial charge in [-0.2, -0.15) is 0 Å². The number of amides is 2. The van der Waals surface area contributed by atoms with Crippen molar-refractivity contribution in [3.63, 3.8) is 0 Å². The van der Waals surface area contributed by atoms with Crippen LogP contribution in [-0.2, 0) is 4.79 Å². The van der Waals surface area contributed by atoms with Gasteiger partial charge in [-0.1, -0.05) is 18.5 Å². The molecule has 0 aliphatic rings. The summed E-state index contributed by atoms with van der Waals surface area (Å²) in [5, 5.41) is 13.2. The molecule has 23 heavy (non-hydrogen) atoms. The van der Waals surface area contributed by atoms with Crippen LogP contribution < -0.4 is 16.2 Å². The summed E-state index contributed by atoms with van der Waals surface area (Å²) in [7, 11) is 0. The van der Waals surface area contributed by atoms with Crippen LogP contribution in [0.3, 0.4) is 0 Å². The van der Waals surface area contributed by atoms with Gasteiger partial charge in [0.05, 0.1) is 4.92 Å². The van der Waals surface area contributed by atoms with Crippen molar-refractivity contribution in [2.75, 3.05) is 6.54 Å². The molecule has 0 heterocycles. The number of hydrazine groups is 1. The maximum absolute atomic E-state index is 11.9. The quantitative estimate of drug-likeness (QED) is 0.398. The van der Waals surface area contributed by atoms with Gasteiger partial charge < -0.3 is 10.7 Å². The number of carbonyl (C=O) groups is 2. The summed E-state index contributed by atoms with van der Waals surface area (Å²) in [6.07, 6.45) is 2.13. The van der Waals surface area contributed by atoms with Crippen molar-refractivity contribution in [1.82, 2.24) is 16.2 Å². The van der Waals surface area contributed by atoms with Crippen molar-refractivity contribution in [3.05, 3.63) is 50.7 Å². The van der Waals surface area contributed by atoms with E-state index in [-0.39, 0.29) is 22.2 Å². The van der Waals surface area contributed by atoms with E-state index in [1.807, 2.05) is 6.92 Å². The maximum Gasteiger partial charge on any atom is 0.287 e. The molecule has 1 aromatic carbocycles. The van der Waals surface area contributed by atoms with Gasteiger partial charge in [-0.05, 0) is 25.5 Å². The Labute approximate surface area is 138 Å². The fourth-order valence-electron chi connectivity index (χ4n) is 1.56. The molecule has 0 aliphatic carbocycles. The van der Waals surface area contributed by atoms with Crippen LogP contribution in [0.5, 0.6) is 0 Å². The number of carbonyl (C=O) groups excluding carboxylic acids is 2. The first-order chi connectivity index (χ1) is 10.8. The first-order valence-corrected chi connectivity index (χ1v) is 7.19. The van der Waals surface area contributed by atoms with E-state index in [0.717, 1.165) is 12.5 Å². The zero-order chi connectivity index (χ0) is 17.4. The lowest BCUT2D eigenvalue weighted by atomic mass is 10.2. The van der Waals surface area contributed by atoms with Crippen LogP contribution in [0.15, 0.2) is 30.0 Å². The number of nitrogens with zero attached hydrogens (tertiary/aromatic N) is 1. The summed E-state index contributed by atoms with van der Waals surface area (Å²) >= 11 is 5.74. The Morgan fingerprint density at radius 1 is 1.35 bits per heavy atom. The van der Waals surface area contributed by atoms with Crippen LogP contribution in [0.1, 0.15) is 30.6 Å². The normalized spacial score (nSPS) is 10.8. The highest BCUT2D eigenvalue weighted by Gasteiger charge is 2.15. The van der Waals surface area contributed by atoms with Crippen LogP contribution >= 0.6 is 11.6 Å². The second kappa shape index (κ2) is 8.74. The van der Waals surface area contributed by atoms with E-state index in [1.165, 1.54) is 18.2 Å². The molecular formula is C14H17ClN4O4. The van der Waals surface area contributed by atoms with Crippen molar-refractivity contribution >= 4 is 29.1 Å². The van der Waals surface area contributed by atoms with Crippen LogP contribution in [0.4, 0.5) is 5.69 Å². The number of nitro benzene ring substituents is 1. The molecule has 2 amide bonds. The van der Waals surface area contributed by atoms with Crippen LogP contribution in [0.2, 0.25) is 5.02 Å². The molecule has 0 bridgehead atoms. The van der Waals surface area contributed by atoms with Gasteiger partial charge >= 0.3 is 0 Å². The third-order valence-corrected chi connectivity index (χ3v) is 2.98. The number of hydrogen-bond acceptors (Lipinski definition) is 5. The minimum absolute atomic E-state index is 0.131. The second-order valence-corrected chi connectivity index (χ2v) is 5.03. The van der Waals surface area contributed by atoms with Crippen LogP contribution in [0.25, 0.3) is 0 Å². The van der Waals surface area contributed by atoms with Crippen molar-refractivity contribution < 1.29 is 14.5 Å². The average Bonchev–Trinajstić information content (AvgIpc) is 2.50. The number of nitro groups is 1. The predicted molar refractivity (Wildman–Crippen MR) is 85.8 cm³/mol. The number of rotatable bonds is 7. The number of benzene rings is 1. The van der Waals surface area contributed by atoms with Gasteiger partial charge in [0.25, 0.3) is 11.6 Å². The molecule has 3 N–H and O–H groups in total. The molecule has 8 nitrogen and oxygen atoms in total. The van der Waals surface area contributed by atoms with Gasteiger partial charge in [-0.15, -0.1) is 0 Å². The highest BCUT2D eigenvalue weighted by Crippen LogP contribution is 2.24. The highest BCUT2D eigenvalue weighted by molar-refractivity contribution is 6.33. The van der Waals surface area contributed by atoms with Crippen molar-refractivity contribution in [2.24, 2.45) is 0 Å². The van der Waals surface area contributed by atoms with Crippen LogP contribution in [-0.4, -0.2) is 23.3 Å². The van der Waals surface area contributed by atoms with Gasteiger partial charge in [0.15, 0.2) is 0 Å². The molecule has 0 unspecified atom stereocenters. The first-order valence-electron chi connectivity index (χ1n) is 6.81. The molecule has 0 radical (unpaired) electrons. The zero-order valence-corrected chi connectivity index (χ0v) is 13.4. The summed E-state index contributed by atoms with van der Waals surface area (Å²) in [4.78, 5) is 33.4. The van der Waals surface area contributed by atoms with Crippen molar-refractivity contribution in [2.45, 2.75) is 20.3 Å². The Hall–Kier alpha value is -2.61. The molecule has 0 saturated heterocycles. The van der Waals surface area contributed by atoms with Gasteiger partial charge in [0.1, 0.15) is 5.02 Å². The zero-order valence-electron chi connectivity index (χ0n) is 12.7. The van der Waals surface area contributed by atoms with Gasteiger partial charge in [-0.25, -0.2) is 0 Å².